The summed E-state index contributed by atoms with van der Waals surface area (Å²) in [5.41, 5.74) is 2.75. The molecule has 3 rings (SSSR count). The molecule has 2 aromatic heterocycles. The molecule has 2 heterocycles. The lowest BCUT2D eigenvalue weighted by Gasteiger charge is -2.27. The molecule has 1 aromatic carbocycles. The molecule has 0 aliphatic heterocycles. The number of hydrogen-bond donors (Lipinski definition) is 3. The van der Waals surface area contributed by atoms with Gasteiger partial charge in [-0.2, -0.15) is 0 Å². The van der Waals surface area contributed by atoms with Crippen molar-refractivity contribution in [1.29, 1.82) is 0 Å². The van der Waals surface area contributed by atoms with Crippen molar-refractivity contribution in [2.24, 2.45) is 0 Å². The predicted molar refractivity (Wildman–Crippen MR) is 92.2 cm³/mol. The number of fused-ring (bicyclic) bond motifs is 1. The maximum absolute atomic E-state index is 9.08. The summed E-state index contributed by atoms with van der Waals surface area (Å²) in [5.74, 6) is 0. The highest BCUT2D eigenvalue weighted by Crippen LogP contribution is 2.16. The van der Waals surface area contributed by atoms with Crippen LogP contribution in [0.2, 0.25) is 0 Å². The lowest BCUT2D eigenvalue weighted by Crippen LogP contribution is -2.43. The molecule has 3 aromatic rings. The van der Waals surface area contributed by atoms with E-state index in [1.165, 1.54) is 11.9 Å². The van der Waals surface area contributed by atoms with Crippen molar-refractivity contribution in [2.75, 3.05) is 13.2 Å². The number of hydrogen-bond acceptors (Lipinski definition) is 6. The Labute approximate surface area is 140 Å². The van der Waals surface area contributed by atoms with E-state index in [9.17, 15) is 0 Å². The van der Waals surface area contributed by atoms with Gasteiger partial charge in [0.1, 0.15) is 18.0 Å². The highest BCUT2D eigenvalue weighted by atomic mass is 16.3. The van der Waals surface area contributed by atoms with Crippen molar-refractivity contribution < 1.29 is 5.11 Å². The zero-order chi connectivity index (χ0) is 16.8. The summed E-state index contributed by atoms with van der Waals surface area (Å²) in [6.45, 7) is 3.43. The minimum atomic E-state index is -0.0587. The second-order valence-corrected chi connectivity index (χ2v) is 5.66. The van der Waals surface area contributed by atoms with Crippen LogP contribution in [0.1, 0.15) is 18.7 Å². The van der Waals surface area contributed by atoms with Gasteiger partial charge in [0.25, 0.3) is 0 Å². The van der Waals surface area contributed by atoms with E-state index in [4.69, 9.17) is 5.11 Å². The van der Waals surface area contributed by atoms with Gasteiger partial charge in [-0.1, -0.05) is 30.3 Å². The monoisotopic (exact) mass is 326 g/mol. The molecular weight excluding hydrogens is 304 g/mol. The number of aliphatic hydroxyl groups excluding tert-OH is 1. The molecule has 2 atom stereocenters. The Bertz CT molecular complexity index is 760. The average molecular weight is 326 g/mol. The van der Waals surface area contributed by atoms with Crippen LogP contribution >= 0.6 is 0 Å². The quantitative estimate of drug-likeness (QED) is 0.574. The van der Waals surface area contributed by atoms with E-state index in [2.05, 4.69) is 44.6 Å². The lowest BCUT2D eigenvalue weighted by molar-refractivity contribution is 0.258. The van der Waals surface area contributed by atoms with Gasteiger partial charge in [0.15, 0.2) is 5.65 Å². The Kier molecular flexibility index (Phi) is 5.47. The van der Waals surface area contributed by atoms with Crippen LogP contribution in [0, 0.1) is 0 Å². The van der Waals surface area contributed by atoms with E-state index < -0.39 is 0 Å². The zero-order valence-electron chi connectivity index (χ0n) is 13.6. The van der Waals surface area contributed by atoms with Crippen LogP contribution < -0.4 is 10.6 Å². The molecule has 0 spiro atoms. The fourth-order valence-electron chi connectivity index (χ4n) is 2.73. The van der Waals surface area contributed by atoms with E-state index in [-0.39, 0.29) is 18.8 Å². The maximum atomic E-state index is 9.08. The van der Waals surface area contributed by atoms with Crippen LogP contribution in [-0.4, -0.2) is 43.8 Å². The lowest BCUT2D eigenvalue weighted by atomic mass is 10.2. The molecule has 126 valence electrons. The van der Waals surface area contributed by atoms with Crippen LogP contribution in [0.15, 0.2) is 49.2 Å². The maximum Gasteiger partial charge on any atom is 0.164 e. The summed E-state index contributed by atoms with van der Waals surface area (Å²) in [7, 11) is 0. The molecule has 0 radical (unpaired) electrons. The predicted octanol–water partition coefficient (Wildman–Crippen LogP) is 1.09. The van der Waals surface area contributed by atoms with Crippen molar-refractivity contribution >= 4 is 11.2 Å². The minimum Gasteiger partial charge on any atom is -0.395 e. The van der Waals surface area contributed by atoms with Gasteiger partial charge in [0.05, 0.1) is 19.1 Å². The van der Waals surface area contributed by atoms with E-state index in [1.807, 2.05) is 22.8 Å². The van der Waals surface area contributed by atoms with Gasteiger partial charge in [-0.15, -0.1) is 0 Å². The van der Waals surface area contributed by atoms with E-state index in [0.717, 1.165) is 17.7 Å². The molecule has 0 fully saturated rings. The first-order chi connectivity index (χ1) is 11.8. The van der Waals surface area contributed by atoms with Gasteiger partial charge < -0.3 is 10.4 Å². The molecule has 3 N–H and O–H groups in total. The summed E-state index contributed by atoms with van der Waals surface area (Å²) >= 11 is 0. The van der Waals surface area contributed by atoms with Crippen LogP contribution in [0.3, 0.4) is 0 Å². The Morgan fingerprint density at radius 1 is 1.17 bits per heavy atom. The highest BCUT2D eigenvalue weighted by molar-refractivity contribution is 5.69. The van der Waals surface area contributed by atoms with Crippen molar-refractivity contribution in [3.63, 3.8) is 0 Å². The summed E-state index contributed by atoms with van der Waals surface area (Å²) in [5, 5.41) is 16.0. The Balaban J connectivity index is 1.84. The number of nitrogens with zero attached hydrogens (tertiary/aromatic N) is 4. The second-order valence-electron chi connectivity index (χ2n) is 5.66. The number of imidazole rings is 1. The standard InChI is InChI=1S/C17H22N6O/c1-13(19-7-8-24)16(20-9-14-5-3-2-4-6-14)23-12-22-15-10-18-11-21-17(15)23/h2-6,10-13,16,19-20,24H,7-9H2,1H3. The normalized spacial score (nSPS) is 13.9. The van der Waals surface area contributed by atoms with Crippen LogP contribution in [-0.2, 0) is 6.54 Å². The third-order valence-corrected chi connectivity index (χ3v) is 3.95. The second kappa shape index (κ2) is 7.96. The molecule has 7 nitrogen and oxygen atoms in total. The number of rotatable bonds is 8. The van der Waals surface area contributed by atoms with Gasteiger partial charge in [-0.25, -0.2) is 15.0 Å². The van der Waals surface area contributed by atoms with E-state index in [1.54, 1.807) is 12.5 Å². The summed E-state index contributed by atoms with van der Waals surface area (Å²) < 4.78 is 2.01. The smallest absolute Gasteiger partial charge is 0.164 e. The third kappa shape index (κ3) is 3.76. The molecule has 7 heteroatoms. The SMILES string of the molecule is CC(NCCO)C(NCc1ccccc1)n1cnc2cncnc21. The van der Waals surface area contributed by atoms with Crippen LogP contribution in [0.25, 0.3) is 11.2 Å². The summed E-state index contributed by atoms with van der Waals surface area (Å²) in [6, 6.07) is 10.3. The molecule has 2 unspecified atom stereocenters. The molecule has 24 heavy (non-hydrogen) atoms. The molecular formula is C17H22N6O. The van der Waals surface area contributed by atoms with Crippen molar-refractivity contribution in [1.82, 2.24) is 30.2 Å². The first kappa shape index (κ1) is 16.5. The Morgan fingerprint density at radius 3 is 2.79 bits per heavy atom. The molecule has 0 bridgehead atoms. The third-order valence-electron chi connectivity index (χ3n) is 3.95. The van der Waals surface area contributed by atoms with Crippen molar-refractivity contribution in [3.05, 3.63) is 54.7 Å². The molecule has 0 aliphatic carbocycles. The molecule has 0 amide bonds. The number of nitrogens with one attached hydrogen (secondary N) is 2. The van der Waals surface area contributed by atoms with E-state index >= 15 is 0 Å². The molecule has 0 aliphatic rings. The molecule has 0 saturated carbocycles. The Morgan fingerprint density at radius 2 is 2.00 bits per heavy atom. The minimum absolute atomic E-state index is 0.0587. The fraction of sp³-hybridized carbons (Fsp3) is 0.353. The first-order valence-electron chi connectivity index (χ1n) is 8.03. The summed E-state index contributed by atoms with van der Waals surface area (Å²) in [4.78, 5) is 12.7. The number of aromatic nitrogens is 4. The average Bonchev–Trinajstić information content (AvgIpc) is 3.05. The van der Waals surface area contributed by atoms with E-state index in [0.29, 0.717) is 6.54 Å². The number of aliphatic hydroxyl groups is 1. The summed E-state index contributed by atoms with van der Waals surface area (Å²) in [6.07, 6.45) is 4.95. The topological polar surface area (TPSA) is 87.9 Å². The fourth-order valence-corrected chi connectivity index (χ4v) is 2.73. The van der Waals surface area contributed by atoms with Gasteiger partial charge in [0.2, 0.25) is 0 Å². The zero-order valence-corrected chi connectivity index (χ0v) is 13.6. The van der Waals surface area contributed by atoms with Gasteiger partial charge in [-0.05, 0) is 12.5 Å². The van der Waals surface area contributed by atoms with Crippen LogP contribution in [0.5, 0.6) is 0 Å². The van der Waals surface area contributed by atoms with Crippen molar-refractivity contribution in [2.45, 2.75) is 25.7 Å². The van der Waals surface area contributed by atoms with Gasteiger partial charge >= 0.3 is 0 Å². The van der Waals surface area contributed by atoms with Gasteiger partial charge in [-0.3, -0.25) is 9.88 Å². The van der Waals surface area contributed by atoms with Crippen molar-refractivity contribution in [3.8, 4) is 0 Å². The number of benzene rings is 1. The first-order valence-corrected chi connectivity index (χ1v) is 8.03. The Hall–Kier alpha value is -2.35. The van der Waals surface area contributed by atoms with Gasteiger partial charge in [0, 0.05) is 19.1 Å². The largest absolute Gasteiger partial charge is 0.395 e. The molecule has 0 saturated heterocycles. The van der Waals surface area contributed by atoms with Crippen LogP contribution in [0.4, 0.5) is 0 Å². The highest BCUT2D eigenvalue weighted by Gasteiger charge is 2.20.